The summed E-state index contributed by atoms with van der Waals surface area (Å²) in [6.07, 6.45) is 2.31. The van der Waals surface area contributed by atoms with Gasteiger partial charge in [-0.2, -0.15) is 0 Å². The lowest BCUT2D eigenvalue weighted by Crippen LogP contribution is -2.30. The molecule has 17 heavy (non-hydrogen) atoms. The van der Waals surface area contributed by atoms with E-state index in [0.29, 0.717) is 6.54 Å². The van der Waals surface area contributed by atoms with Gasteiger partial charge in [-0.15, -0.1) is 11.3 Å². The molecular formula is C12H17Br2NOS. The van der Waals surface area contributed by atoms with Crippen LogP contribution in [0.15, 0.2) is 13.6 Å². The first-order valence-corrected chi connectivity index (χ1v) is 8.19. The van der Waals surface area contributed by atoms with Gasteiger partial charge in [-0.3, -0.25) is 9.69 Å². The Bertz CT molecular complexity index is 379. The van der Waals surface area contributed by atoms with Crippen molar-refractivity contribution in [1.82, 2.24) is 4.90 Å². The molecule has 0 unspecified atom stereocenters. The van der Waals surface area contributed by atoms with E-state index < -0.39 is 0 Å². The predicted octanol–water partition coefficient (Wildman–Crippen LogP) is 4.58. The molecule has 0 radical (unpaired) electrons. The highest BCUT2D eigenvalue weighted by Crippen LogP contribution is 2.32. The second kappa shape index (κ2) is 7.67. The Hall–Kier alpha value is 0.290. The summed E-state index contributed by atoms with van der Waals surface area (Å²) in [5, 5.41) is 0. The fourth-order valence-corrected chi connectivity index (χ4v) is 4.40. The Balaban J connectivity index is 2.61. The summed E-state index contributed by atoms with van der Waals surface area (Å²) < 4.78 is 1.91. The second-order valence-electron chi connectivity index (χ2n) is 3.88. The first kappa shape index (κ1) is 15.3. The number of halogens is 2. The third-order valence-corrected chi connectivity index (χ3v) is 4.94. The van der Waals surface area contributed by atoms with Crippen molar-refractivity contribution in [3.63, 3.8) is 0 Å². The van der Waals surface area contributed by atoms with Crippen LogP contribution in [0.25, 0.3) is 0 Å². The molecule has 0 aliphatic rings. The first-order chi connectivity index (χ1) is 8.08. The van der Waals surface area contributed by atoms with Crippen molar-refractivity contribution in [2.24, 2.45) is 0 Å². The monoisotopic (exact) mass is 381 g/mol. The highest BCUT2D eigenvalue weighted by Gasteiger charge is 2.16. The molecule has 0 aliphatic heterocycles. The molecule has 96 valence electrons. The number of hydrogen-bond acceptors (Lipinski definition) is 3. The number of Topliss-reactive ketones (excluding diaryl/α,β-unsaturated/α-hetero) is 1. The average Bonchev–Trinajstić information content (AvgIpc) is 2.63. The summed E-state index contributed by atoms with van der Waals surface area (Å²) in [5.41, 5.74) is 0.789. The highest BCUT2D eigenvalue weighted by atomic mass is 79.9. The smallest absolute Gasteiger partial charge is 0.178 e. The zero-order valence-corrected chi connectivity index (χ0v) is 14.1. The van der Waals surface area contributed by atoms with Crippen molar-refractivity contribution in [3.05, 3.63) is 19.2 Å². The van der Waals surface area contributed by atoms with Crippen molar-refractivity contribution >= 4 is 49.0 Å². The summed E-state index contributed by atoms with van der Waals surface area (Å²) in [4.78, 5) is 14.3. The summed E-state index contributed by atoms with van der Waals surface area (Å²) in [6, 6.07) is 1.89. The maximum Gasteiger partial charge on any atom is 0.178 e. The van der Waals surface area contributed by atoms with Gasteiger partial charge in [-0.25, -0.2) is 0 Å². The summed E-state index contributed by atoms with van der Waals surface area (Å²) in [5.74, 6) is 0.191. The lowest BCUT2D eigenvalue weighted by Gasteiger charge is -2.18. The first-order valence-electron chi connectivity index (χ1n) is 5.78. The number of carbonyl (C=O) groups excluding carboxylic acids is 1. The quantitative estimate of drug-likeness (QED) is 0.643. The lowest BCUT2D eigenvalue weighted by atomic mass is 10.2. The minimum absolute atomic E-state index is 0.191. The number of likely N-dealkylation sites (N-methyl/N-ethyl adjacent to an activating group) is 1. The van der Waals surface area contributed by atoms with Crippen LogP contribution in [-0.4, -0.2) is 30.3 Å². The van der Waals surface area contributed by atoms with Crippen LogP contribution in [0.5, 0.6) is 0 Å². The van der Waals surface area contributed by atoms with Crippen LogP contribution in [0, 0.1) is 0 Å². The number of carbonyl (C=O) groups is 1. The van der Waals surface area contributed by atoms with Gasteiger partial charge in [0.15, 0.2) is 5.78 Å². The molecule has 0 saturated heterocycles. The Labute approximate surface area is 124 Å². The molecule has 1 heterocycles. The fraction of sp³-hybridized carbons (Fsp3) is 0.583. The third kappa shape index (κ3) is 4.81. The van der Waals surface area contributed by atoms with Crippen LogP contribution in [0.4, 0.5) is 0 Å². The molecule has 0 aliphatic carbocycles. The number of rotatable bonds is 7. The molecule has 1 rings (SSSR count). The zero-order valence-electron chi connectivity index (χ0n) is 10.1. The van der Waals surface area contributed by atoms with E-state index in [4.69, 9.17) is 0 Å². The van der Waals surface area contributed by atoms with Crippen LogP contribution >= 0.6 is 43.2 Å². The Morgan fingerprint density at radius 1 is 1.41 bits per heavy atom. The molecule has 5 heteroatoms. The largest absolute Gasteiger partial charge is 0.296 e. The maximum atomic E-state index is 12.1. The highest BCUT2D eigenvalue weighted by molar-refractivity contribution is 9.12. The molecule has 0 amide bonds. The van der Waals surface area contributed by atoms with E-state index in [1.54, 1.807) is 11.3 Å². The Morgan fingerprint density at radius 2 is 2.12 bits per heavy atom. The second-order valence-corrected chi connectivity index (χ2v) is 7.63. The van der Waals surface area contributed by atoms with Crippen LogP contribution < -0.4 is 0 Å². The summed E-state index contributed by atoms with van der Waals surface area (Å²) in [7, 11) is 0. The minimum Gasteiger partial charge on any atom is -0.296 e. The van der Waals surface area contributed by atoms with Gasteiger partial charge in [0.25, 0.3) is 0 Å². The molecule has 0 spiro atoms. The van der Waals surface area contributed by atoms with E-state index in [2.05, 4.69) is 50.6 Å². The molecule has 1 aromatic rings. The average molecular weight is 383 g/mol. The molecule has 0 bridgehead atoms. The maximum absolute atomic E-state index is 12.1. The standard InChI is InChI=1S/C12H17Br2NOS/c1-3-5-6-15(4-2)8-10(16)9-7-11(13)17-12(9)14/h7H,3-6,8H2,1-2H3. The fourth-order valence-electron chi connectivity index (χ4n) is 1.55. The number of ketones is 1. The topological polar surface area (TPSA) is 20.3 Å². The van der Waals surface area contributed by atoms with E-state index in [0.717, 1.165) is 32.6 Å². The molecule has 0 aromatic carbocycles. The molecule has 0 saturated carbocycles. The number of unbranched alkanes of at least 4 members (excludes halogenated alkanes) is 1. The number of hydrogen-bond donors (Lipinski definition) is 0. The van der Waals surface area contributed by atoms with Gasteiger partial charge >= 0.3 is 0 Å². The Kier molecular flexibility index (Phi) is 6.92. The lowest BCUT2D eigenvalue weighted by molar-refractivity contribution is 0.0933. The summed E-state index contributed by atoms with van der Waals surface area (Å²) in [6.45, 7) is 6.71. The van der Waals surface area contributed by atoms with E-state index in [1.807, 2.05) is 6.07 Å². The van der Waals surface area contributed by atoms with Crippen molar-refractivity contribution in [1.29, 1.82) is 0 Å². The van der Waals surface area contributed by atoms with Crippen LogP contribution in [0.3, 0.4) is 0 Å². The number of nitrogens with zero attached hydrogens (tertiary/aromatic N) is 1. The van der Waals surface area contributed by atoms with Gasteiger partial charge in [-0.1, -0.05) is 20.3 Å². The van der Waals surface area contributed by atoms with Crippen molar-refractivity contribution in [3.8, 4) is 0 Å². The van der Waals surface area contributed by atoms with E-state index in [9.17, 15) is 4.79 Å². The van der Waals surface area contributed by atoms with E-state index >= 15 is 0 Å². The minimum atomic E-state index is 0.191. The van der Waals surface area contributed by atoms with E-state index in [1.165, 1.54) is 6.42 Å². The van der Waals surface area contributed by atoms with Crippen molar-refractivity contribution in [2.75, 3.05) is 19.6 Å². The van der Waals surface area contributed by atoms with Gasteiger partial charge in [0.05, 0.1) is 14.1 Å². The summed E-state index contributed by atoms with van der Waals surface area (Å²) >= 11 is 8.37. The van der Waals surface area contributed by atoms with Crippen LogP contribution in [0.1, 0.15) is 37.0 Å². The van der Waals surface area contributed by atoms with E-state index in [-0.39, 0.29) is 5.78 Å². The molecule has 0 atom stereocenters. The third-order valence-electron chi connectivity index (χ3n) is 2.60. The van der Waals surface area contributed by atoms with Crippen LogP contribution in [-0.2, 0) is 0 Å². The molecule has 1 aromatic heterocycles. The van der Waals surface area contributed by atoms with Gasteiger partial charge in [0.1, 0.15) is 0 Å². The predicted molar refractivity (Wildman–Crippen MR) is 81.1 cm³/mol. The molecule has 0 fully saturated rings. The van der Waals surface area contributed by atoms with Gasteiger partial charge in [0, 0.05) is 5.56 Å². The Morgan fingerprint density at radius 3 is 2.59 bits per heavy atom. The molecule has 2 nitrogen and oxygen atoms in total. The van der Waals surface area contributed by atoms with Crippen LogP contribution in [0.2, 0.25) is 0 Å². The van der Waals surface area contributed by atoms with Gasteiger partial charge in [-0.05, 0) is 57.4 Å². The SMILES string of the molecule is CCCCN(CC)CC(=O)c1cc(Br)sc1Br. The number of thiophene rings is 1. The van der Waals surface area contributed by atoms with Crippen molar-refractivity contribution < 1.29 is 4.79 Å². The normalized spacial score (nSPS) is 11.1. The molecule has 0 N–H and O–H groups in total. The van der Waals surface area contributed by atoms with Gasteiger partial charge < -0.3 is 0 Å². The van der Waals surface area contributed by atoms with Gasteiger partial charge in [0.2, 0.25) is 0 Å². The van der Waals surface area contributed by atoms with Crippen molar-refractivity contribution in [2.45, 2.75) is 26.7 Å². The zero-order chi connectivity index (χ0) is 12.8. The molecular weight excluding hydrogens is 366 g/mol.